The van der Waals surface area contributed by atoms with Crippen LogP contribution in [-0.2, 0) is 4.79 Å². The topological polar surface area (TPSA) is 68.2 Å². The minimum Gasteiger partial charge on any atom is -0.493 e. The van der Waals surface area contributed by atoms with Crippen LogP contribution in [0.3, 0.4) is 0 Å². The maximum Gasteiger partial charge on any atom is 0.320 e. The highest BCUT2D eigenvalue weighted by molar-refractivity contribution is 6.42. The molecule has 162 valence electrons. The SMILES string of the molecule is COc1cc(C(c2cccc(Cl)c2Cl)N2CCCCC2C(=O)O)cc(OC)c1OC. The Morgan fingerprint density at radius 3 is 2.33 bits per heavy atom. The quantitative estimate of drug-likeness (QED) is 0.632. The third-order valence-electron chi connectivity index (χ3n) is 5.44. The Hall–Kier alpha value is -2.15. The lowest BCUT2D eigenvalue weighted by Gasteiger charge is -2.40. The number of carboxylic acids is 1. The largest absolute Gasteiger partial charge is 0.493 e. The van der Waals surface area contributed by atoms with Crippen LogP contribution < -0.4 is 14.2 Å². The van der Waals surface area contributed by atoms with Gasteiger partial charge in [0.05, 0.1) is 37.4 Å². The molecule has 3 rings (SSSR count). The molecule has 2 aromatic rings. The monoisotopic (exact) mass is 453 g/mol. The average Bonchev–Trinajstić information content (AvgIpc) is 2.76. The fourth-order valence-electron chi connectivity index (χ4n) is 4.07. The van der Waals surface area contributed by atoms with Crippen molar-refractivity contribution in [2.24, 2.45) is 0 Å². The summed E-state index contributed by atoms with van der Waals surface area (Å²) in [4.78, 5) is 14.0. The number of halogens is 2. The van der Waals surface area contributed by atoms with E-state index in [4.69, 9.17) is 37.4 Å². The Morgan fingerprint density at radius 2 is 1.77 bits per heavy atom. The van der Waals surface area contributed by atoms with E-state index in [1.54, 1.807) is 20.3 Å². The second-order valence-electron chi connectivity index (χ2n) is 7.09. The average molecular weight is 454 g/mol. The standard InChI is InChI=1S/C22H25Cl2NO5/c1-28-17-11-13(12-18(29-2)21(17)30-3)20(14-7-6-8-15(23)19(14)24)25-10-5-4-9-16(25)22(26)27/h6-8,11-12,16,20H,4-5,9-10H2,1-3H3,(H,26,27). The molecule has 8 heteroatoms. The molecule has 1 aliphatic heterocycles. The van der Waals surface area contributed by atoms with E-state index in [9.17, 15) is 9.90 Å². The Kier molecular flexibility index (Phi) is 7.34. The van der Waals surface area contributed by atoms with E-state index in [-0.39, 0.29) is 0 Å². The summed E-state index contributed by atoms with van der Waals surface area (Å²) in [5.41, 5.74) is 1.51. The van der Waals surface area contributed by atoms with Crippen molar-refractivity contribution in [3.05, 3.63) is 51.5 Å². The minimum absolute atomic E-state index is 0.396. The third-order valence-corrected chi connectivity index (χ3v) is 6.27. The lowest BCUT2D eigenvalue weighted by Crippen LogP contribution is -2.47. The van der Waals surface area contributed by atoms with Crippen molar-refractivity contribution in [2.45, 2.75) is 31.3 Å². The van der Waals surface area contributed by atoms with E-state index < -0.39 is 18.1 Å². The number of carboxylic acid groups (broad SMARTS) is 1. The Bertz CT molecular complexity index is 895. The zero-order chi connectivity index (χ0) is 21.8. The van der Waals surface area contributed by atoms with Crippen LogP contribution in [0.2, 0.25) is 10.0 Å². The molecule has 0 aromatic heterocycles. The number of rotatable bonds is 7. The van der Waals surface area contributed by atoms with E-state index in [1.165, 1.54) is 7.11 Å². The van der Waals surface area contributed by atoms with Crippen molar-refractivity contribution in [1.82, 2.24) is 4.90 Å². The molecule has 0 amide bonds. The number of benzene rings is 2. The Morgan fingerprint density at radius 1 is 1.10 bits per heavy atom. The van der Waals surface area contributed by atoms with Crippen LogP contribution in [0.1, 0.15) is 36.4 Å². The van der Waals surface area contributed by atoms with Crippen LogP contribution in [0.4, 0.5) is 0 Å². The van der Waals surface area contributed by atoms with E-state index in [0.29, 0.717) is 40.3 Å². The predicted octanol–water partition coefficient (Wildman–Crippen LogP) is 5.05. The van der Waals surface area contributed by atoms with Gasteiger partial charge in [0, 0.05) is 0 Å². The molecule has 0 saturated carbocycles. The van der Waals surface area contributed by atoms with Crippen LogP contribution in [0.15, 0.2) is 30.3 Å². The molecule has 1 aliphatic rings. The number of methoxy groups -OCH3 is 3. The molecule has 0 aliphatic carbocycles. The summed E-state index contributed by atoms with van der Waals surface area (Å²) in [6, 6.07) is 7.96. The van der Waals surface area contributed by atoms with Gasteiger partial charge < -0.3 is 19.3 Å². The Labute approximate surface area is 186 Å². The Balaban J connectivity index is 2.24. The van der Waals surface area contributed by atoms with Crippen molar-refractivity contribution in [1.29, 1.82) is 0 Å². The van der Waals surface area contributed by atoms with Gasteiger partial charge in [0.25, 0.3) is 0 Å². The first-order valence-corrected chi connectivity index (χ1v) is 10.4. The number of likely N-dealkylation sites (tertiary alicyclic amines) is 1. The van der Waals surface area contributed by atoms with Gasteiger partial charge in [-0.25, -0.2) is 0 Å². The lowest BCUT2D eigenvalue weighted by atomic mass is 9.91. The molecule has 2 atom stereocenters. The van der Waals surface area contributed by atoms with E-state index in [0.717, 1.165) is 24.0 Å². The zero-order valence-corrected chi connectivity index (χ0v) is 18.7. The molecule has 0 bridgehead atoms. The molecule has 1 heterocycles. The van der Waals surface area contributed by atoms with E-state index >= 15 is 0 Å². The number of piperidine rings is 1. The number of hydrogen-bond donors (Lipinski definition) is 1. The van der Waals surface area contributed by atoms with Gasteiger partial charge in [-0.05, 0) is 48.7 Å². The summed E-state index contributed by atoms with van der Waals surface area (Å²) >= 11 is 12.9. The molecular weight excluding hydrogens is 429 g/mol. The second kappa shape index (κ2) is 9.77. The van der Waals surface area contributed by atoms with Gasteiger partial charge in [0.1, 0.15) is 6.04 Å². The highest BCUT2D eigenvalue weighted by Crippen LogP contribution is 2.45. The minimum atomic E-state index is -0.856. The third kappa shape index (κ3) is 4.31. The highest BCUT2D eigenvalue weighted by Gasteiger charge is 2.37. The fourth-order valence-corrected chi connectivity index (χ4v) is 4.48. The first kappa shape index (κ1) is 22.5. The van der Waals surface area contributed by atoms with Crippen LogP contribution in [0, 0.1) is 0 Å². The summed E-state index contributed by atoms with van der Waals surface area (Å²) in [5.74, 6) is 0.580. The van der Waals surface area contributed by atoms with Gasteiger partial charge in [-0.1, -0.05) is 41.8 Å². The first-order chi connectivity index (χ1) is 14.4. The smallest absolute Gasteiger partial charge is 0.320 e. The molecule has 2 unspecified atom stereocenters. The summed E-state index contributed by atoms with van der Waals surface area (Å²) in [6.45, 7) is 0.612. The van der Waals surface area contributed by atoms with Gasteiger partial charge in [0.15, 0.2) is 11.5 Å². The molecule has 1 N–H and O–H groups in total. The second-order valence-corrected chi connectivity index (χ2v) is 7.88. The normalized spacial score (nSPS) is 18.0. The predicted molar refractivity (Wildman–Crippen MR) is 116 cm³/mol. The summed E-state index contributed by atoms with van der Waals surface area (Å²) in [5, 5.41) is 10.7. The van der Waals surface area contributed by atoms with Gasteiger partial charge in [0.2, 0.25) is 5.75 Å². The molecule has 2 aromatic carbocycles. The van der Waals surface area contributed by atoms with Gasteiger partial charge in [-0.2, -0.15) is 0 Å². The van der Waals surface area contributed by atoms with Crippen LogP contribution in [0.5, 0.6) is 17.2 Å². The van der Waals surface area contributed by atoms with Crippen molar-refractivity contribution >= 4 is 29.2 Å². The van der Waals surface area contributed by atoms with Crippen molar-refractivity contribution in [2.75, 3.05) is 27.9 Å². The summed E-state index contributed by atoms with van der Waals surface area (Å²) < 4.78 is 16.5. The molecule has 0 spiro atoms. The fraction of sp³-hybridized carbons (Fsp3) is 0.409. The summed E-state index contributed by atoms with van der Waals surface area (Å²) in [6.07, 6.45) is 2.32. The number of hydrogen-bond acceptors (Lipinski definition) is 5. The number of aliphatic carboxylic acids is 1. The van der Waals surface area contributed by atoms with Gasteiger partial charge >= 0.3 is 5.97 Å². The molecule has 0 radical (unpaired) electrons. The van der Waals surface area contributed by atoms with E-state index in [1.807, 2.05) is 29.2 Å². The maximum absolute atomic E-state index is 12.1. The van der Waals surface area contributed by atoms with Crippen molar-refractivity contribution in [3.63, 3.8) is 0 Å². The molecule has 1 saturated heterocycles. The first-order valence-electron chi connectivity index (χ1n) is 9.65. The maximum atomic E-state index is 12.1. The zero-order valence-electron chi connectivity index (χ0n) is 17.2. The number of carbonyl (C=O) groups is 1. The molecule has 1 fully saturated rings. The van der Waals surface area contributed by atoms with Crippen molar-refractivity contribution < 1.29 is 24.1 Å². The highest BCUT2D eigenvalue weighted by atomic mass is 35.5. The molecular formula is C22H25Cl2NO5. The van der Waals surface area contributed by atoms with Crippen LogP contribution >= 0.6 is 23.2 Å². The van der Waals surface area contributed by atoms with Gasteiger partial charge in [-0.15, -0.1) is 0 Å². The number of ether oxygens (including phenoxy) is 3. The van der Waals surface area contributed by atoms with Crippen LogP contribution in [-0.4, -0.2) is 49.9 Å². The molecule has 6 nitrogen and oxygen atoms in total. The van der Waals surface area contributed by atoms with E-state index in [2.05, 4.69) is 0 Å². The van der Waals surface area contributed by atoms with Crippen LogP contribution in [0.25, 0.3) is 0 Å². The number of nitrogens with zero attached hydrogens (tertiary/aromatic N) is 1. The lowest BCUT2D eigenvalue weighted by molar-refractivity contribution is -0.145. The van der Waals surface area contributed by atoms with Crippen molar-refractivity contribution in [3.8, 4) is 17.2 Å². The van der Waals surface area contributed by atoms with Gasteiger partial charge in [-0.3, -0.25) is 9.69 Å². The molecule has 30 heavy (non-hydrogen) atoms. The summed E-state index contributed by atoms with van der Waals surface area (Å²) in [7, 11) is 4.63.